The molecule has 1 fully saturated rings. The first-order valence-electron chi connectivity index (χ1n) is 8.45. The molecular formula is C17H23N5O2. The van der Waals surface area contributed by atoms with Gasteiger partial charge < -0.3 is 9.32 Å². The van der Waals surface area contributed by atoms with E-state index in [0.29, 0.717) is 24.6 Å². The van der Waals surface area contributed by atoms with E-state index in [1.807, 2.05) is 25.7 Å². The molecule has 2 aromatic heterocycles. The highest BCUT2D eigenvalue weighted by molar-refractivity contribution is 5.77. The summed E-state index contributed by atoms with van der Waals surface area (Å²) in [6.45, 7) is 6.68. The molecule has 1 aliphatic heterocycles. The Balaban J connectivity index is 1.63. The van der Waals surface area contributed by atoms with Gasteiger partial charge in [-0.05, 0) is 19.8 Å². The van der Waals surface area contributed by atoms with Gasteiger partial charge in [0, 0.05) is 31.5 Å². The van der Waals surface area contributed by atoms with Crippen molar-refractivity contribution in [3.8, 4) is 0 Å². The van der Waals surface area contributed by atoms with Gasteiger partial charge in [-0.3, -0.25) is 14.8 Å². The highest BCUT2D eigenvalue weighted by Crippen LogP contribution is 2.31. The summed E-state index contributed by atoms with van der Waals surface area (Å²) < 4.78 is 5.57. The van der Waals surface area contributed by atoms with Gasteiger partial charge in [0.1, 0.15) is 0 Å². The van der Waals surface area contributed by atoms with Crippen molar-refractivity contribution in [1.29, 1.82) is 0 Å². The van der Waals surface area contributed by atoms with Gasteiger partial charge in [0.2, 0.25) is 17.7 Å². The summed E-state index contributed by atoms with van der Waals surface area (Å²) in [5, 5.41) is 8.02. The number of hydrogen-bond donors (Lipinski definition) is 0. The first kappa shape index (κ1) is 16.5. The fourth-order valence-electron chi connectivity index (χ4n) is 2.97. The lowest BCUT2D eigenvalue weighted by Gasteiger charge is -2.24. The number of rotatable bonds is 5. The zero-order valence-electron chi connectivity index (χ0n) is 14.4. The van der Waals surface area contributed by atoms with E-state index in [0.717, 1.165) is 30.8 Å². The molecule has 3 heterocycles. The molecule has 7 heteroatoms. The lowest BCUT2D eigenvalue weighted by molar-refractivity contribution is -0.132. The third-order valence-corrected chi connectivity index (χ3v) is 4.22. The highest BCUT2D eigenvalue weighted by Gasteiger charge is 2.31. The molecule has 1 amide bonds. The van der Waals surface area contributed by atoms with Crippen molar-refractivity contribution in [3.63, 3.8) is 0 Å². The zero-order chi connectivity index (χ0) is 17.1. The average molecular weight is 329 g/mol. The fraction of sp³-hybridized carbons (Fsp3) is 0.588. The normalized spacial score (nSPS) is 17.7. The third-order valence-electron chi connectivity index (χ3n) is 4.22. The maximum absolute atomic E-state index is 12.6. The topological polar surface area (TPSA) is 85.0 Å². The molecule has 1 saturated heterocycles. The highest BCUT2D eigenvalue weighted by atomic mass is 16.4. The Morgan fingerprint density at radius 3 is 2.92 bits per heavy atom. The van der Waals surface area contributed by atoms with Gasteiger partial charge in [0.25, 0.3) is 0 Å². The van der Waals surface area contributed by atoms with Gasteiger partial charge in [-0.15, -0.1) is 10.2 Å². The minimum atomic E-state index is 0.0267. The molecule has 1 atom stereocenters. The number of aryl methyl sites for hydroxylation is 2. The van der Waals surface area contributed by atoms with Gasteiger partial charge in [-0.25, -0.2) is 0 Å². The predicted octanol–water partition coefficient (Wildman–Crippen LogP) is 2.59. The van der Waals surface area contributed by atoms with E-state index in [2.05, 4.69) is 20.2 Å². The van der Waals surface area contributed by atoms with Gasteiger partial charge in [0.05, 0.1) is 23.6 Å². The number of likely N-dealkylation sites (tertiary alicyclic amines) is 1. The van der Waals surface area contributed by atoms with Crippen molar-refractivity contribution in [2.24, 2.45) is 0 Å². The van der Waals surface area contributed by atoms with E-state index < -0.39 is 0 Å². The molecule has 0 aromatic carbocycles. The standard InChI is InChI=1S/C17H23N5O2/c1-11(2)17-21-20-15(24-17)6-7-16(23)22-8-4-5-14(22)13-10-18-9-12(3)19-13/h9-11,14H,4-8H2,1-3H3. The van der Waals surface area contributed by atoms with Crippen molar-refractivity contribution in [3.05, 3.63) is 35.6 Å². The van der Waals surface area contributed by atoms with Gasteiger partial charge in [0.15, 0.2) is 0 Å². The number of hydrogen-bond acceptors (Lipinski definition) is 6. The van der Waals surface area contributed by atoms with Crippen molar-refractivity contribution in [2.45, 2.75) is 58.4 Å². The Bertz CT molecular complexity index is 713. The Kier molecular flexibility index (Phi) is 4.87. The summed E-state index contributed by atoms with van der Waals surface area (Å²) in [6, 6.07) is 0.0267. The van der Waals surface area contributed by atoms with E-state index in [-0.39, 0.29) is 17.9 Å². The maximum Gasteiger partial charge on any atom is 0.223 e. The summed E-state index contributed by atoms with van der Waals surface area (Å²) in [5.41, 5.74) is 1.75. The van der Waals surface area contributed by atoms with Crippen molar-refractivity contribution in [2.75, 3.05) is 6.54 Å². The molecule has 3 rings (SSSR count). The van der Waals surface area contributed by atoms with Crippen LogP contribution in [0.2, 0.25) is 0 Å². The van der Waals surface area contributed by atoms with Crippen LogP contribution >= 0.6 is 0 Å². The first-order chi connectivity index (χ1) is 11.5. The lowest BCUT2D eigenvalue weighted by atomic mass is 10.1. The molecule has 0 saturated carbocycles. The number of carbonyl (C=O) groups is 1. The largest absolute Gasteiger partial charge is 0.425 e. The van der Waals surface area contributed by atoms with E-state index in [4.69, 9.17) is 4.42 Å². The van der Waals surface area contributed by atoms with E-state index >= 15 is 0 Å². The first-order valence-corrected chi connectivity index (χ1v) is 8.45. The molecule has 1 aliphatic rings. The van der Waals surface area contributed by atoms with Crippen molar-refractivity contribution < 1.29 is 9.21 Å². The van der Waals surface area contributed by atoms with Crippen LogP contribution in [0.5, 0.6) is 0 Å². The van der Waals surface area contributed by atoms with Gasteiger partial charge in [-0.1, -0.05) is 13.8 Å². The number of nitrogens with zero attached hydrogens (tertiary/aromatic N) is 5. The second kappa shape index (κ2) is 7.07. The number of carbonyl (C=O) groups excluding carboxylic acids is 1. The van der Waals surface area contributed by atoms with Crippen LogP contribution in [-0.4, -0.2) is 37.5 Å². The molecule has 1 unspecified atom stereocenters. The molecule has 0 aliphatic carbocycles. The molecule has 24 heavy (non-hydrogen) atoms. The Morgan fingerprint density at radius 1 is 1.38 bits per heavy atom. The Labute approximate surface area is 141 Å². The summed E-state index contributed by atoms with van der Waals surface area (Å²) in [4.78, 5) is 23.3. The maximum atomic E-state index is 12.6. The van der Waals surface area contributed by atoms with E-state index in [1.54, 1.807) is 12.4 Å². The SMILES string of the molecule is Cc1cncc(C2CCCN2C(=O)CCc2nnc(C(C)C)o2)n1. The number of amides is 1. The van der Waals surface area contributed by atoms with Crippen LogP contribution in [0.1, 0.15) is 68.2 Å². The second-order valence-corrected chi connectivity index (χ2v) is 6.52. The Hall–Kier alpha value is -2.31. The van der Waals surface area contributed by atoms with Gasteiger partial charge in [-0.2, -0.15) is 0 Å². The molecule has 0 spiro atoms. The summed E-state index contributed by atoms with van der Waals surface area (Å²) in [5.74, 6) is 1.44. The van der Waals surface area contributed by atoms with Crippen LogP contribution in [0.3, 0.4) is 0 Å². The fourth-order valence-corrected chi connectivity index (χ4v) is 2.97. The molecule has 7 nitrogen and oxygen atoms in total. The minimum Gasteiger partial charge on any atom is -0.425 e. The molecule has 0 radical (unpaired) electrons. The number of aromatic nitrogens is 4. The average Bonchev–Trinajstić information content (AvgIpc) is 3.22. The molecule has 0 bridgehead atoms. The van der Waals surface area contributed by atoms with Gasteiger partial charge >= 0.3 is 0 Å². The van der Waals surface area contributed by atoms with E-state index in [1.165, 1.54) is 0 Å². The minimum absolute atomic E-state index is 0.0267. The summed E-state index contributed by atoms with van der Waals surface area (Å²) in [6.07, 6.45) is 6.26. The molecule has 128 valence electrons. The Morgan fingerprint density at radius 2 is 2.21 bits per heavy atom. The summed E-state index contributed by atoms with van der Waals surface area (Å²) in [7, 11) is 0. The molecule has 2 aromatic rings. The van der Waals surface area contributed by atoms with Crippen LogP contribution < -0.4 is 0 Å². The van der Waals surface area contributed by atoms with Crippen LogP contribution in [0.4, 0.5) is 0 Å². The predicted molar refractivity (Wildman–Crippen MR) is 87.2 cm³/mol. The van der Waals surface area contributed by atoms with Crippen LogP contribution in [-0.2, 0) is 11.2 Å². The smallest absolute Gasteiger partial charge is 0.223 e. The zero-order valence-corrected chi connectivity index (χ0v) is 14.4. The van der Waals surface area contributed by atoms with Crippen molar-refractivity contribution >= 4 is 5.91 Å². The van der Waals surface area contributed by atoms with Crippen LogP contribution in [0.25, 0.3) is 0 Å². The summed E-state index contributed by atoms with van der Waals surface area (Å²) >= 11 is 0. The van der Waals surface area contributed by atoms with Crippen LogP contribution in [0, 0.1) is 6.92 Å². The third kappa shape index (κ3) is 3.60. The molecule has 0 N–H and O–H groups in total. The van der Waals surface area contributed by atoms with Crippen LogP contribution in [0.15, 0.2) is 16.8 Å². The second-order valence-electron chi connectivity index (χ2n) is 6.52. The van der Waals surface area contributed by atoms with E-state index in [9.17, 15) is 4.79 Å². The lowest BCUT2D eigenvalue weighted by Crippen LogP contribution is -2.31. The molecular weight excluding hydrogens is 306 g/mol. The van der Waals surface area contributed by atoms with Crippen molar-refractivity contribution in [1.82, 2.24) is 25.1 Å². The monoisotopic (exact) mass is 329 g/mol. The quantitative estimate of drug-likeness (QED) is 0.838.